The summed E-state index contributed by atoms with van der Waals surface area (Å²) in [6, 6.07) is 11.0. The van der Waals surface area contributed by atoms with Gasteiger partial charge in [0.25, 0.3) is 0 Å². The second-order valence-electron chi connectivity index (χ2n) is 4.89. The van der Waals surface area contributed by atoms with Crippen molar-refractivity contribution in [3.05, 3.63) is 35.9 Å². The van der Waals surface area contributed by atoms with Crippen molar-refractivity contribution in [3.8, 4) is 0 Å². The molecule has 0 bridgehead atoms. The number of carbonyl (C=O) groups is 1. The molecule has 17 heavy (non-hydrogen) atoms. The fraction of sp³-hybridized carbons (Fsp3) is 0.533. The van der Waals surface area contributed by atoms with Gasteiger partial charge in [0.1, 0.15) is 0 Å². The lowest BCUT2D eigenvalue weighted by atomic mass is 9.96. The highest BCUT2D eigenvalue weighted by Gasteiger charge is 2.23. The van der Waals surface area contributed by atoms with Crippen molar-refractivity contribution in [1.29, 1.82) is 0 Å². The second kappa shape index (κ2) is 5.85. The number of carbonyl (C=O) groups excluding carboxylic acids is 1. The summed E-state index contributed by atoms with van der Waals surface area (Å²) in [5.41, 5.74) is 1.38. The van der Waals surface area contributed by atoms with Crippen molar-refractivity contribution >= 4 is 5.91 Å². The van der Waals surface area contributed by atoms with Crippen LogP contribution in [0.3, 0.4) is 0 Å². The standard InChI is InChI=1S/C15H21NO/c1-13(17)16-12-6-5-9-15(16)11-10-14-7-3-2-4-8-14/h2-4,7-8,15H,5-6,9-12H2,1H3/t15-/m1/s1. The van der Waals surface area contributed by atoms with E-state index in [9.17, 15) is 4.79 Å². The first-order valence-electron chi connectivity index (χ1n) is 6.58. The Kier molecular flexibility index (Phi) is 4.18. The molecule has 0 radical (unpaired) electrons. The summed E-state index contributed by atoms with van der Waals surface area (Å²) < 4.78 is 0. The minimum atomic E-state index is 0.239. The number of rotatable bonds is 3. The smallest absolute Gasteiger partial charge is 0.219 e. The molecular formula is C15H21NO. The molecule has 1 atom stereocenters. The van der Waals surface area contributed by atoms with Crippen LogP contribution in [0.15, 0.2) is 30.3 Å². The molecule has 0 saturated carbocycles. The summed E-state index contributed by atoms with van der Waals surface area (Å²) in [7, 11) is 0. The van der Waals surface area contributed by atoms with Crippen LogP contribution in [0.2, 0.25) is 0 Å². The fourth-order valence-electron chi connectivity index (χ4n) is 2.69. The van der Waals surface area contributed by atoms with Gasteiger partial charge in [-0.05, 0) is 37.7 Å². The van der Waals surface area contributed by atoms with Gasteiger partial charge in [0, 0.05) is 19.5 Å². The van der Waals surface area contributed by atoms with Gasteiger partial charge < -0.3 is 4.90 Å². The average molecular weight is 231 g/mol. The zero-order valence-electron chi connectivity index (χ0n) is 10.6. The van der Waals surface area contributed by atoms with Gasteiger partial charge in [0.2, 0.25) is 5.91 Å². The quantitative estimate of drug-likeness (QED) is 0.783. The molecule has 1 aromatic rings. The highest BCUT2D eigenvalue weighted by molar-refractivity contribution is 5.73. The molecule has 1 aromatic carbocycles. The number of benzene rings is 1. The van der Waals surface area contributed by atoms with E-state index in [2.05, 4.69) is 29.2 Å². The van der Waals surface area contributed by atoms with Crippen molar-refractivity contribution < 1.29 is 4.79 Å². The van der Waals surface area contributed by atoms with Gasteiger partial charge in [-0.25, -0.2) is 0 Å². The van der Waals surface area contributed by atoms with E-state index in [-0.39, 0.29) is 5.91 Å². The normalized spacial score (nSPS) is 20.3. The number of piperidine rings is 1. The molecule has 2 rings (SSSR count). The third-order valence-corrected chi connectivity index (χ3v) is 3.64. The summed E-state index contributed by atoms with van der Waals surface area (Å²) in [5, 5.41) is 0. The van der Waals surface area contributed by atoms with Crippen LogP contribution >= 0.6 is 0 Å². The molecule has 1 aliphatic heterocycles. The predicted molar refractivity (Wildman–Crippen MR) is 69.8 cm³/mol. The van der Waals surface area contributed by atoms with E-state index in [0.29, 0.717) is 6.04 Å². The number of aryl methyl sites for hydroxylation is 1. The Bertz CT molecular complexity index is 360. The largest absolute Gasteiger partial charge is 0.340 e. The van der Waals surface area contributed by atoms with Gasteiger partial charge in [0.05, 0.1) is 0 Å². The van der Waals surface area contributed by atoms with Gasteiger partial charge in [-0.2, -0.15) is 0 Å². The maximum Gasteiger partial charge on any atom is 0.219 e. The van der Waals surface area contributed by atoms with Crippen molar-refractivity contribution in [2.24, 2.45) is 0 Å². The Morgan fingerprint density at radius 3 is 2.76 bits per heavy atom. The Balaban J connectivity index is 1.90. The molecule has 0 unspecified atom stereocenters. The van der Waals surface area contributed by atoms with Crippen molar-refractivity contribution in [1.82, 2.24) is 4.90 Å². The van der Waals surface area contributed by atoms with Crippen LogP contribution in [0.4, 0.5) is 0 Å². The predicted octanol–water partition coefficient (Wildman–Crippen LogP) is 3.02. The summed E-state index contributed by atoms with van der Waals surface area (Å²) in [4.78, 5) is 13.6. The molecule has 2 nitrogen and oxygen atoms in total. The van der Waals surface area contributed by atoms with Crippen LogP contribution in [0.5, 0.6) is 0 Å². The van der Waals surface area contributed by atoms with Crippen LogP contribution in [0.1, 0.15) is 38.2 Å². The van der Waals surface area contributed by atoms with Crippen molar-refractivity contribution in [2.75, 3.05) is 6.54 Å². The maximum absolute atomic E-state index is 11.5. The molecule has 1 saturated heterocycles. The molecule has 2 heteroatoms. The van der Waals surface area contributed by atoms with Crippen LogP contribution in [-0.2, 0) is 11.2 Å². The maximum atomic E-state index is 11.5. The average Bonchev–Trinajstić information content (AvgIpc) is 2.38. The number of nitrogens with zero attached hydrogens (tertiary/aromatic N) is 1. The molecule has 1 aliphatic rings. The van der Waals surface area contributed by atoms with Crippen molar-refractivity contribution in [2.45, 2.75) is 45.1 Å². The molecule has 1 amide bonds. The van der Waals surface area contributed by atoms with E-state index in [0.717, 1.165) is 19.4 Å². The SMILES string of the molecule is CC(=O)N1CCCC[C@@H]1CCc1ccccc1. The van der Waals surface area contributed by atoms with Crippen molar-refractivity contribution in [3.63, 3.8) is 0 Å². The van der Waals surface area contributed by atoms with E-state index >= 15 is 0 Å². The zero-order chi connectivity index (χ0) is 12.1. The number of hydrogen-bond acceptors (Lipinski definition) is 1. The van der Waals surface area contributed by atoms with Crippen LogP contribution < -0.4 is 0 Å². The van der Waals surface area contributed by atoms with Gasteiger partial charge in [-0.15, -0.1) is 0 Å². The molecule has 0 N–H and O–H groups in total. The number of hydrogen-bond donors (Lipinski definition) is 0. The number of amides is 1. The lowest BCUT2D eigenvalue weighted by Crippen LogP contribution is -2.42. The highest BCUT2D eigenvalue weighted by atomic mass is 16.2. The third kappa shape index (κ3) is 3.32. The fourth-order valence-corrected chi connectivity index (χ4v) is 2.69. The highest BCUT2D eigenvalue weighted by Crippen LogP contribution is 2.21. The summed E-state index contributed by atoms with van der Waals surface area (Å²) in [5.74, 6) is 0.239. The lowest BCUT2D eigenvalue weighted by Gasteiger charge is -2.35. The Labute approximate surface area is 104 Å². The molecule has 1 heterocycles. The number of likely N-dealkylation sites (tertiary alicyclic amines) is 1. The molecule has 0 spiro atoms. The summed E-state index contributed by atoms with van der Waals surface area (Å²) >= 11 is 0. The van der Waals surface area contributed by atoms with Crippen LogP contribution in [-0.4, -0.2) is 23.4 Å². The van der Waals surface area contributed by atoms with Crippen LogP contribution in [0, 0.1) is 0 Å². The third-order valence-electron chi connectivity index (χ3n) is 3.64. The summed E-state index contributed by atoms with van der Waals surface area (Å²) in [6.45, 7) is 2.65. The first-order chi connectivity index (χ1) is 8.27. The Hall–Kier alpha value is -1.31. The molecular weight excluding hydrogens is 210 g/mol. The first-order valence-corrected chi connectivity index (χ1v) is 6.58. The van der Waals surface area contributed by atoms with E-state index in [1.807, 2.05) is 6.07 Å². The monoisotopic (exact) mass is 231 g/mol. The van der Waals surface area contributed by atoms with E-state index in [4.69, 9.17) is 0 Å². The van der Waals surface area contributed by atoms with Gasteiger partial charge >= 0.3 is 0 Å². The summed E-state index contributed by atoms with van der Waals surface area (Å²) in [6.07, 6.45) is 5.79. The first kappa shape index (κ1) is 12.2. The zero-order valence-corrected chi connectivity index (χ0v) is 10.6. The van der Waals surface area contributed by atoms with E-state index in [1.54, 1.807) is 6.92 Å². The van der Waals surface area contributed by atoms with Gasteiger partial charge in [-0.3, -0.25) is 4.79 Å². The Morgan fingerprint density at radius 1 is 1.29 bits per heavy atom. The van der Waals surface area contributed by atoms with Crippen LogP contribution in [0.25, 0.3) is 0 Å². The molecule has 92 valence electrons. The minimum absolute atomic E-state index is 0.239. The molecule has 0 aromatic heterocycles. The minimum Gasteiger partial charge on any atom is -0.340 e. The second-order valence-corrected chi connectivity index (χ2v) is 4.89. The van der Waals surface area contributed by atoms with Gasteiger partial charge in [0.15, 0.2) is 0 Å². The Morgan fingerprint density at radius 2 is 2.06 bits per heavy atom. The van der Waals surface area contributed by atoms with Gasteiger partial charge in [-0.1, -0.05) is 30.3 Å². The molecule has 0 aliphatic carbocycles. The van der Waals surface area contributed by atoms with E-state index < -0.39 is 0 Å². The lowest BCUT2D eigenvalue weighted by molar-refractivity contribution is -0.132. The topological polar surface area (TPSA) is 20.3 Å². The van der Waals surface area contributed by atoms with E-state index in [1.165, 1.54) is 24.8 Å². The molecule has 1 fully saturated rings.